The van der Waals surface area contributed by atoms with Crippen molar-refractivity contribution < 1.29 is 9.47 Å². The minimum Gasteiger partial charge on any atom is -0.493 e. The minimum atomic E-state index is 0.811. The molecule has 0 spiro atoms. The number of ether oxygens (including phenoxy) is 2. The van der Waals surface area contributed by atoms with Gasteiger partial charge in [0, 0.05) is 39.1 Å². The van der Waals surface area contributed by atoms with Crippen molar-refractivity contribution >= 4 is 5.96 Å². The molecule has 6 heteroatoms. The Kier molecular flexibility index (Phi) is 6.94. The summed E-state index contributed by atoms with van der Waals surface area (Å²) >= 11 is 0. The van der Waals surface area contributed by atoms with Crippen LogP contribution in [-0.4, -0.2) is 69.9 Å². The number of rotatable bonds is 7. The van der Waals surface area contributed by atoms with Crippen LogP contribution < -0.4 is 15.4 Å². The summed E-state index contributed by atoms with van der Waals surface area (Å²) in [4.78, 5) is 7.09. The van der Waals surface area contributed by atoms with Gasteiger partial charge >= 0.3 is 0 Å². The molecule has 138 valence electrons. The molecule has 25 heavy (non-hydrogen) atoms. The van der Waals surface area contributed by atoms with Crippen LogP contribution in [0.25, 0.3) is 0 Å². The van der Waals surface area contributed by atoms with Crippen molar-refractivity contribution in [1.82, 2.24) is 15.5 Å². The lowest BCUT2D eigenvalue weighted by molar-refractivity contribution is 0.0394. The second-order valence-corrected chi connectivity index (χ2v) is 6.43. The highest BCUT2D eigenvalue weighted by Gasteiger charge is 2.12. The van der Waals surface area contributed by atoms with E-state index in [0.717, 1.165) is 83.6 Å². The van der Waals surface area contributed by atoms with Crippen LogP contribution >= 0.6 is 0 Å². The molecule has 0 bridgehead atoms. The molecule has 0 atom stereocenters. The summed E-state index contributed by atoms with van der Waals surface area (Å²) in [5, 5.41) is 6.76. The Bertz CT molecular complexity index is 571. The second-order valence-electron chi connectivity index (χ2n) is 6.43. The summed E-state index contributed by atoms with van der Waals surface area (Å²) in [5.41, 5.74) is 2.68. The smallest absolute Gasteiger partial charge is 0.191 e. The highest BCUT2D eigenvalue weighted by molar-refractivity contribution is 5.79. The van der Waals surface area contributed by atoms with Crippen LogP contribution in [0.4, 0.5) is 0 Å². The van der Waals surface area contributed by atoms with Gasteiger partial charge in [0.25, 0.3) is 0 Å². The minimum absolute atomic E-state index is 0.811. The Hall–Kier alpha value is -1.79. The third-order valence-electron chi connectivity index (χ3n) is 4.59. The van der Waals surface area contributed by atoms with Gasteiger partial charge in [-0.2, -0.15) is 0 Å². The first kappa shape index (κ1) is 18.0. The first-order valence-corrected chi connectivity index (χ1v) is 9.42. The maximum absolute atomic E-state index is 5.57. The number of fused-ring (bicyclic) bond motifs is 1. The lowest BCUT2D eigenvalue weighted by Gasteiger charge is -2.25. The monoisotopic (exact) mass is 346 g/mol. The molecule has 0 aromatic heterocycles. The molecule has 1 fully saturated rings. The summed E-state index contributed by atoms with van der Waals surface area (Å²) in [7, 11) is 0. The fourth-order valence-electron chi connectivity index (χ4n) is 3.19. The van der Waals surface area contributed by atoms with Crippen molar-refractivity contribution in [1.29, 1.82) is 0 Å². The molecular formula is C19H30N4O2. The van der Waals surface area contributed by atoms with Gasteiger partial charge in [0.1, 0.15) is 5.75 Å². The van der Waals surface area contributed by atoms with E-state index in [9.17, 15) is 0 Å². The van der Waals surface area contributed by atoms with Gasteiger partial charge in [-0.05, 0) is 30.5 Å². The third-order valence-corrected chi connectivity index (χ3v) is 4.59. The Morgan fingerprint density at radius 3 is 2.92 bits per heavy atom. The van der Waals surface area contributed by atoms with Crippen LogP contribution in [0, 0.1) is 0 Å². The molecule has 1 aromatic carbocycles. The quantitative estimate of drug-likeness (QED) is 0.571. The molecule has 2 heterocycles. The summed E-state index contributed by atoms with van der Waals surface area (Å²) in [5.74, 6) is 1.95. The molecule has 1 saturated heterocycles. The average molecular weight is 346 g/mol. The maximum atomic E-state index is 5.57. The number of guanidine groups is 1. The van der Waals surface area contributed by atoms with E-state index in [-0.39, 0.29) is 0 Å². The van der Waals surface area contributed by atoms with E-state index in [1.165, 1.54) is 11.1 Å². The molecule has 2 aliphatic rings. The van der Waals surface area contributed by atoms with E-state index in [2.05, 4.69) is 45.6 Å². The number of hydrogen-bond donors (Lipinski definition) is 2. The van der Waals surface area contributed by atoms with Crippen molar-refractivity contribution in [2.75, 3.05) is 59.1 Å². The van der Waals surface area contributed by atoms with E-state index >= 15 is 0 Å². The van der Waals surface area contributed by atoms with Crippen LogP contribution in [0.1, 0.15) is 18.1 Å². The average Bonchev–Trinajstić information content (AvgIpc) is 3.10. The van der Waals surface area contributed by atoms with Gasteiger partial charge in [-0.1, -0.05) is 12.1 Å². The number of nitrogens with one attached hydrogen (secondary N) is 2. The standard InChI is InChI=1S/C19H30N4O2/c1-2-20-19(22-8-9-23-10-13-24-14-11-23)21-7-5-16-3-4-18-17(15-16)6-12-25-18/h3-4,15H,2,5-14H2,1H3,(H2,20,21,22). The maximum Gasteiger partial charge on any atom is 0.191 e. The van der Waals surface area contributed by atoms with Gasteiger partial charge in [-0.25, -0.2) is 0 Å². The van der Waals surface area contributed by atoms with Crippen LogP contribution in [-0.2, 0) is 17.6 Å². The molecule has 3 rings (SSSR count). The predicted molar refractivity (Wildman–Crippen MR) is 101 cm³/mol. The van der Waals surface area contributed by atoms with Crippen molar-refractivity contribution in [2.45, 2.75) is 19.8 Å². The highest BCUT2D eigenvalue weighted by Crippen LogP contribution is 2.25. The molecular weight excluding hydrogens is 316 g/mol. The number of morpholine rings is 1. The second kappa shape index (κ2) is 9.63. The summed E-state index contributed by atoms with van der Waals surface area (Å²) in [6.45, 7) is 10.2. The zero-order valence-corrected chi connectivity index (χ0v) is 15.2. The van der Waals surface area contributed by atoms with E-state index in [0.29, 0.717) is 0 Å². The van der Waals surface area contributed by atoms with Gasteiger partial charge in [0.2, 0.25) is 0 Å². The van der Waals surface area contributed by atoms with E-state index in [1.54, 1.807) is 0 Å². The van der Waals surface area contributed by atoms with Crippen LogP contribution in [0.2, 0.25) is 0 Å². The lowest BCUT2D eigenvalue weighted by Crippen LogP contribution is -2.40. The van der Waals surface area contributed by atoms with E-state index in [4.69, 9.17) is 9.47 Å². The van der Waals surface area contributed by atoms with Crippen molar-refractivity contribution in [3.63, 3.8) is 0 Å². The van der Waals surface area contributed by atoms with Gasteiger partial charge in [0.05, 0.1) is 26.4 Å². The fourth-order valence-corrected chi connectivity index (χ4v) is 3.19. The molecule has 0 amide bonds. The Labute approximate surface area is 150 Å². The molecule has 1 aromatic rings. The highest BCUT2D eigenvalue weighted by atomic mass is 16.5. The first-order chi connectivity index (χ1) is 12.3. The number of hydrogen-bond acceptors (Lipinski definition) is 4. The zero-order valence-electron chi connectivity index (χ0n) is 15.2. The van der Waals surface area contributed by atoms with Crippen molar-refractivity contribution in [2.24, 2.45) is 4.99 Å². The molecule has 6 nitrogen and oxygen atoms in total. The number of nitrogens with zero attached hydrogens (tertiary/aromatic N) is 2. The summed E-state index contributed by atoms with van der Waals surface area (Å²) in [6, 6.07) is 6.53. The molecule has 0 aliphatic carbocycles. The normalized spacial score (nSPS) is 17.9. The van der Waals surface area contributed by atoms with Crippen LogP contribution in [0.15, 0.2) is 23.2 Å². The van der Waals surface area contributed by atoms with Gasteiger partial charge in [0.15, 0.2) is 5.96 Å². The first-order valence-electron chi connectivity index (χ1n) is 9.42. The SMILES string of the molecule is CCNC(=NCCN1CCOCC1)NCCc1ccc2c(c1)CCO2. The predicted octanol–water partition coefficient (Wildman–Crippen LogP) is 1.05. The Morgan fingerprint density at radius 1 is 1.20 bits per heavy atom. The van der Waals surface area contributed by atoms with Crippen molar-refractivity contribution in [3.05, 3.63) is 29.3 Å². The summed E-state index contributed by atoms with van der Waals surface area (Å²) < 4.78 is 10.9. The van der Waals surface area contributed by atoms with Gasteiger partial charge in [-0.15, -0.1) is 0 Å². The largest absolute Gasteiger partial charge is 0.493 e. The Balaban J connectivity index is 1.42. The number of aliphatic imine (C=N–C) groups is 1. The molecule has 0 saturated carbocycles. The van der Waals surface area contributed by atoms with Crippen LogP contribution in [0.5, 0.6) is 5.75 Å². The van der Waals surface area contributed by atoms with Gasteiger partial charge < -0.3 is 20.1 Å². The topological polar surface area (TPSA) is 58.1 Å². The van der Waals surface area contributed by atoms with Crippen molar-refractivity contribution in [3.8, 4) is 5.75 Å². The van der Waals surface area contributed by atoms with E-state index < -0.39 is 0 Å². The lowest BCUT2D eigenvalue weighted by atomic mass is 10.1. The Morgan fingerprint density at radius 2 is 2.08 bits per heavy atom. The molecule has 0 radical (unpaired) electrons. The fraction of sp³-hybridized carbons (Fsp3) is 0.632. The molecule has 2 aliphatic heterocycles. The zero-order chi connectivity index (χ0) is 17.3. The van der Waals surface area contributed by atoms with E-state index in [1.807, 2.05) is 0 Å². The van der Waals surface area contributed by atoms with Gasteiger partial charge in [-0.3, -0.25) is 9.89 Å². The third kappa shape index (κ3) is 5.61. The molecule has 0 unspecified atom stereocenters. The molecule has 2 N–H and O–H groups in total. The number of benzene rings is 1. The summed E-state index contributed by atoms with van der Waals surface area (Å²) in [6.07, 6.45) is 2.02. The van der Waals surface area contributed by atoms with Crippen LogP contribution in [0.3, 0.4) is 0 Å².